The largest absolute Gasteiger partial charge is 0.358 e. The van der Waals surface area contributed by atoms with Crippen molar-refractivity contribution in [1.29, 1.82) is 0 Å². The number of thiophene rings is 1. The van der Waals surface area contributed by atoms with Crippen molar-refractivity contribution in [2.24, 2.45) is 0 Å². The van der Waals surface area contributed by atoms with Gasteiger partial charge in [0.25, 0.3) is 0 Å². The standard InChI is InChI=1S/C17H18N4OS/c1-11(17(22)21(2)3)20-15-13-9-14(12-7-5-4-6-8-12)23-16(13)19-10-18-15/h4-11H,1-3H3,(H,18,19,20)/t11-/m0/s1. The van der Waals surface area contributed by atoms with Gasteiger partial charge in [-0.25, -0.2) is 9.97 Å². The Kier molecular flexibility index (Phi) is 4.25. The van der Waals surface area contributed by atoms with Gasteiger partial charge in [-0.3, -0.25) is 4.79 Å². The third kappa shape index (κ3) is 3.17. The predicted molar refractivity (Wildman–Crippen MR) is 94.6 cm³/mol. The maximum atomic E-state index is 12.0. The molecule has 0 spiro atoms. The number of amides is 1. The fraction of sp³-hybridized carbons (Fsp3) is 0.235. The third-order valence-electron chi connectivity index (χ3n) is 3.55. The number of nitrogens with one attached hydrogen (secondary N) is 1. The molecule has 1 atom stereocenters. The molecule has 6 heteroatoms. The van der Waals surface area contributed by atoms with E-state index in [-0.39, 0.29) is 11.9 Å². The summed E-state index contributed by atoms with van der Waals surface area (Å²) >= 11 is 1.62. The first kappa shape index (κ1) is 15.4. The Hall–Kier alpha value is -2.47. The molecule has 23 heavy (non-hydrogen) atoms. The first-order chi connectivity index (χ1) is 11.1. The van der Waals surface area contributed by atoms with Crippen LogP contribution in [0.2, 0.25) is 0 Å². The van der Waals surface area contributed by atoms with Crippen LogP contribution in [0.5, 0.6) is 0 Å². The molecule has 1 aromatic carbocycles. The fourth-order valence-corrected chi connectivity index (χ4v) is 3.37. The molecule has 0 aliphatic carbocycles. The van der Waals surface area contributed by atoms with E-state index in [2.05, 4.69) is 33.5 Å². The molecule has 5 nitrogen and oxygen atoms in total. The van der Waals surface area contributed by atoms with E-state index in [9.17, 15) is 4.79 Å². The second kappa shape index (κ2) is 6.34. The highest BCUT2D eigenvalue weighted by atomic mass is 32.1. The summed E-state index contributed by atoms with van der Waals surface area (Å²) in [5.41, 5.74) is 1.15. The van der Waals surface area contributed by atoms with Gasteiger partial charge < -0.3 is 10.2 Å². The van der Waals surface area contributed by atoms with Gasteiger partial charge in [0.2, 0.25) is 5.91 Å². The van der Waals surface area contributed by atoms with Crippen molar-refractivity contribution in [3.05, 3.63) is 42.7 Å². The second-order valence-corrected chi connectivity index (χ2v) is 6.55. The summed E-state index contributed by atoms with van der Waals surface area (Å²) in [5.74, 6) is 0.700. The zero-order valence-electron chi connectivity index (χ0n) is 13.3. The molecule has 3 aromatic rings. The highest BCUT2D eigenvalue weighted by molar-refractivity contribution is 7.21. The average Bonchev–Trinajstić information content (AvgIpc) is 3.00. The number of carbonyl (C=O) groups excluding carboxylic acids is 1. The van der Waals surface area contributed by atoms with E-state index in [1.54, 1.807) is 30.3 Å². The summed E-state index contributed by atoms with van der Waals surface area (Å²) in [6, 6.07) is 11.9. The molecule has 0 saturated heterocycles. The highest BCUT2D eigenvalue weighted by Crippen LogP contribution is 2.34. The summed E-state index contributed by atoms with van der Waals surface area (Å²) < 4.78 is 0. The number of aromatic nitrogens is 2. The van der Waals surface area contributed by atoms with Crippen LogP contribution in [-0.2, 0) is 4.79 Å². The second-order valence-electron chi connectivity index (χ2n) is 5.52. The van der Waals surface area contributed by atoms with Crippen molar-refractivity contribution < 1.29 is 4.79 Å². The van der Waals surface area contributed by atoms with Crippen LogP contribution < -0.4 is 5.32 Å². The lowest BCUT2D eigenvalue weighted by molar-refractivity contribution is -0.129. The van der Waals surface area contributed by atoms with Crippen molar-refractivity contribution in [3.63, 3.8) is 0 Å². The van der Waals surface area contributed by atoms with E-state index < -0.39 is 0 Å². The van der Waals surface area contributed by atoms with Gasteiger partial charge >= 0.3 is 0 Å². The number of rotatable bonds is 4. The molecule has 1 amide bonds. The van der Waals surface area contributed by atoms with E-state index in [1.165, 1.54) is 6.33 Å². The molecule has 2 heterocycles. The molecule has 1 N–H and O–H groups in total. The van der Waals surface area contributed by atoms with Gasteiger partial charge in [0.15, 0.2) is 0 Å². The van der Waals surface area contributed by atoms with Crippen molar-refractivity contribution in [1.82, 2.24) is 14.9 Å². The minimum absolute atomic E-state index is 0.00951. The molecule has 0 aliphatic rings. The molecule has 0 radical (unpaired) electrons. The number of anilines is 1. The Morgan fingerprint density at radius 3 is 2.65 bits per heavy atom. The number of hydrogen-bond donors (Lipinski definition) is 1. The van der Waals surface area contributed by atoms with Crippen molar-refractivity contribution >= 4 is 33.3 Å². The highest BCUT2D eigenvalue weighted by Gasteiger charge is 2.17. The predicted octanol–water partition coefficient (Wildman–Crippen LogP) is 3.25. The maximum absolute atomic E-state index is 12.0. The Balaban J connectivity index is 1.96. The lowest BCUT2D eigenvalue weighted by atomic mass is 10.2. The normalized spacial score (nSPS) is 12.1. The monoisotopic (exact) mass is 326 g/mol. The van der Waals surface area contributed by atoms with Gasteiger partial charge in [0.05, 0.1) is 5.39 Å². The van der Waals surface area contributed by atoms with Crippen LogP contribution in [-0.4, -0.2) is 40.9 Å². The molecule has 0 unspecified atom stereocenters. The molecule has 3 rings (SSSR count). The van der Waals surface area contributed by atoms with Crippen LogP contribution in [0.15, 0.2) is 42.7 Å². The lowest BCUT2D eigenvalue weighted by Crippen LogP contribution is -2.36. The minimum Gasteiger partial charge on any atom is -0.358 e. The zero-order valence-corrected chi connectivity index (χ0v) is 14.1. The molecular weight excluding hydrogens is 308 g/mol. The number of hydrogen-bond acceptors (Lipinski definition) is 5. The number of fused-ring (bicyclic) bond motifs is 1. The molecular formula is C17H18N4OS. The number of benzene rings is 1. The first-order valence-corrected chi connectivity index (χ1v) is 8.15. The van der Waals surface area contributed by atoms with Crippen LogP contribution in [0.3, 0.4) is 0 Å². The minimum atomic E-state index is -0.344. The molecule has 2 aromatic heterocycles. The topological polar surface area (TPSA) is 58.1 Å². The van der Waals surface area contributed by atoms with Crippen LogP contribution in [0.1, 0.15) is 6.92 Å². The molecule has 0 saturated carbocycles. The van der Waals surface area contributed by atoms with Gasteiger partial charge in [-0.05, 0) is 18.6 Å². The molecule has 118 valence electrons. The van der Waals surface area contributed by atoms with Gasteiger partial charge in [-0.15, -0.1) is 11.3 Å². The molecule has 0 fully saturated rings. The fourth-order valence-electron chi connectivity index (χ4n) is 2.37. The number of carbonyl (C=O) groups is 1. The van der Waals surface area contributed by atoms with E-state index in [1.807, 2.05) is 25.1 Å². The third-order valence-corrected chi connectivity index (χ3v) is 4.64. The van der Waals surface area contributed by atoms with E-state index >= 15 is 0 Å². The SMILES string of the molecule is C[C@H](Nc1ncnc2sc(-c3ccccc3)cc12)C(=O)N(C)C. The maximum Gasteiger partial charge on any atom is 0.244 e. The lowest BCUT2D eigenvalue weighted by Gasteiger charge is -2.18. The van der Waals surface area contributed by atoms with Crippen molar-refractivity contribution in [2.75, 3.05) is 19.4 Å². The van der Waals surface area contributed by atoms with Gasteiger partial charge in [-0.2, -0.15) is 0 Å². The van der Waals surface area contributed by atoms with Crippen LogP contribution in [0.4, 0.5) is 5.82 Å². The smallest absolute Gasteiger partial charge is 0.244 e. The molecule has 0 aliphatic heterocycles. The molecule has 0 bridgehead atoms. The average molecular weight is 326 g/mol. The van der Waals surface area contributed by atoms with Crippen LogP contribution in [0.25, 0.3) is 20.7 Å². The summed E-state index contributed by atoms with van der Waals surface area (Å²) in [7, 11) is 3.49. The number of nitrogens with zero attached hydrogens (tertiary/aromatic N) is 3. The van der Waals surface area contributed by atoms with Crippen LogP contribution >= 0.6 is 11.3 Å². The van der Waals surface area contributed by atoms with Gasteiger partial charge in [-0.1, -0.05) is 30.3 Å². The van der Waals surface area contributed by atoms with Crippen molar-refractivity contribution in [3.8, 4) is 10.4 Å². The quantitative estimate of drug-likeness (QED) is 0.799. The van der Waals surface area contributed by atoms with E-state index in [0.717, 1.165) is 20.7 Å². The summed E-state index contributed by atoms with van der Waals surface area (Å²) in [6.07, 6.45) is 1.53. The summed E-state index contributed by atoms with van der Waals surface area (Å²) in [5, 5.41) is 4.13. The Morgan fingerprint density at radius 2 is 1.96 bits per heavy atom. The number of likely N-dealkylation sites (N-methyl/N-ethyl adjacent to an activating group) is 1. The van der Waals surface area contributed by atoms with E-state index in [4.69, 9.17) is 0 Å². The Labute approximate surface area is 139 Å². The Morgan fingerprint density at radius 1 is 1.22 bits per heavy atom. The summed E-state index contributed by atoms with van der Waals surface area (Å²) in [6.45, 7) is 1.83. The zero-order chi connectivity index (χ0) is 16.4. The Bertz CT molecular complexity index is 829. The first-order valence-electron chi connectivity index (χ1n) is 7.34. The van der Waals surface area contributed by atoms with Gasteiger partial charge in [0, 0.05) is 19.0 Å². The van der Waals surface area contributed by atoms with E-state index in [0.29, 0.717) is 5.82 Å². The van der Waals surface area contributed by atoms with Gasteiger partial charge in [0.1, 0.15) is 23.0 Å². The van der Waals surface area contributed by atoms with Crippen molar-refractivity contribution in [2.45, 2.75) is 13.0 Å². The van der Waals surface area contributed by atoms with Crippen LogP contribution in [0, 0.1) is 0 Å². The summed E-state index contributed by atoms with van der Waals surface area (Å²) in [4.78, 5) is 24.3.